The second-order valence-corrected chi connectivity index (χ2v) is 8.97. The molecule has 5 aliphatic rings. The van der Waals surface area contributed by atoms with E-state index in [0.29, 0.717) is 5.92 Å². The molecule has 0 unspecified atom stereocenters. The first-order valence-electron chi connectivity index (χ1n) is 9.52. The Morgan fingerprint density at radius 2 is 1.85 bits per heavy atom. The Kier molecular flexibility index (Phi) is 3.29. The molecule has 0 N–H and O–H groups in total. The molecule has 5 radical (unpaired) electrons. The van der Waals surface area contributed by atoms with Crippen LogP contribution in [-0.4, -0.2) is 23.6 Å². The third-order valence-corrected chi connectivity index (χ3v) is 7.02. The SMILES string of the molecule is CC1=C2C(=CC(C)(C)[C@@H]2OC(=O)[C]2[CH][CH][CH][CH]2)C2=CC(=O)O[C@]2(C)C12CC2. The highest BCUT2D eigenvalue weighted by molar-refractivity contribution is 5.93. The van der Waals surface area contributed by atoms with E-state index >= 15 is 0 Å². The highest BCUT2D eigenvalue weighted by Crippen LogP contribution is 2.70. The monoisotopic (exact) mass is 363 g/mol. The number of carbonyl (C=O) groups excluding carboxylic acids is 2. The molecule has 5 rings (SSSR count). The Labute approximate surface area is 160 Å². The van der Waals surface area contributed by atoms with Crippen LogP contribution in [0.4, 0.5) is 0 Å². The smallest absolute Gasteiger partial charge is 0.332 e. The third-order valence-electron chi connectivity index (χ3n) is 7.02. The average molecular weight is 363 g/mol. The topological polar surface area (TPSA) is 52.6 Å². The molecule has 4 nitrogen and oxygen atoms in total. The van der Waals surface area contributed by atoms with Crippen molar-refractivity contribution < 1.29 is 19.1 Å². The van der Waals surface area contributed by atoms with Crippen molar-refractivity contribution in [1.29, 1.82) is 0 Å². The Morgan fingerprint density at radius 3 is 2.48 bits per heavy atom. The fraction of sp³-hybridized carbons (Fsp3) is 0.435. The number of hydrogen-bond acceptors (Lipinski definition) is 4. The highest BCUT2D eigenvalue weighted by Gasteiger charge is 2.68. The van der Waals surface area contributed by atoms with Gasteiger partial charge in [-0.2, -0.15) is 0 Å². The van der Waals surface area contributed by atoms with Gasteiger partial charge >= 0.3 is 11.9 Å². The van der Waals surface area contributed by atoms with Crippen LogP contribution in [-0.2, 0) is 19.1 Å². The van der Waals surface area contributed by atoms with E-state index in [1.807, 2.05) is 19.8 Å². The van der Waals surface area contributed by atoms with E-state index in [-0.39, 0.29) is 28.9 Å². The molecular weight excluding hydrogens is 340 g/mol. The van der Waals surface area contributed by atoms with Gasteiger partial charge in [0.15, 0.2) is 0 Å². The van der Waals surface area contributed by atoms with Gasteiger partial charge in [0.05, 0.1) is 5.92 Å². The van der Waals surface area contributed by atoms with Gasteiger partial charge in [0.25, 0.3) is 0 Å². The zero-order valence-corrected chi connectivity index (χ0v) is 16.1. The first-order valence-corrected chi connectivity index (χ1v) is 9.52. The number of esters is 2. The largest absolute Gasteiger partial charge is 0.456 e. The maximum absolute atomic E-state index is 12.7. The molecule has 4 aliphatic carbocycles. The maximum Gasteiger partial charge on any atom is 0.332 e. The van der Waals surface area contributed by atoms with Crippen LogP contribution in [0, 0.1) is 42.4 Å². The number of ether oxygens (including phenoxy) is 2. The summed E-state index contributed by atoms with van der Waals surface area (Å²) in [6.45, 7) is 8.32. The molecule has 2 fully saturated rings. The molecule has 1 heterocycles. The average Bonchev–Trinajstić information content (AvgIpc) is 2.96. The van der Waals surface area contributed by atoms with Gasteiger partial charge < -0.3 is 9.47 Å². The van der Waals surface area contributed by atoms with E-state index < -0.39 is 5.60 Å². The van der Waals surface area contributed by atoms with Gasteiger partial charge in [-0.1, -0.05) is 25.5 Å². The van der Waals surface area contributed by atoms with Gasteiger partial charge in [0.1, 0.15) is 11.7 Å². The van der Waals surface area contributed by atoms with Gasteiger partial charge in [0, 0.05) is 28.1 Å². The Balaban J connectivity index is 1.59. The summed E-state index contributed by atoms with van der Waals surface area (Å²) in [6, 6.07) is 0. The first kappa shape index (κ1) is 17.3. The van der Waals surface area contributed by atoms with Crippen molar-refractivity contribution in [3.8, 4) is 0 Å². The second kappa shape index (κ2) is 5.15. The van der Waals surface area contributed by atoms with E-state index in [9.17, 15) is 9.59 Å². The third kappa shape index (κ3) is 2.10. The van der Waals surface area contributed by atoms with Crippen LogP contribution in [0.1, 0.15) is 40.5 Å². The lowest BCUT2D eigenvalue weighted by Crippen LogP contribution is -2.45. The van der Waals surface area contributed by atoms with Crippen LogP contribution >= 0.6 is 0 Å². The summed E-state index contributed by atoms with van der Waals surface area (Å²) in [5, 5.41) is 0. The van der Waals surface area contributed by atoms with E-state index in [1.165, 1.54) is 5.57 Å². The lowest BCUT2D eigenvalue weighted by Gasteiger charge is -2.43. The molecule has 0 saturated heterocycles. The number of hydrogen-bond donors (Lipinski definition) is 0. The van der Waals surface area contributed by atoms with Crippen LogP contribution in [0.2, 0.25) is 0 Å². The Morgan fingerprint density at radius 1 is 1.19 bits per heavy atom. The summed E-state index contributed by atoms with van der Waals surface area (Å²) in [7, 11) is 0. The quantitative estimate of drug-likeness (QED) is 0.703. The zero-order chi connectivity index (χ0) is 19.2. The molecule has 4 heteroatoms. The van der Waals surface area contributed by atoms with E-state index in [4.69, 9.17) is 9.47 Å². The maximum atomic E-state index is 12.7. The summed E-state index contributed by atoms with van der Waals surface area (Å²) in [5.74, 6) is -0.0134. The summed E-state index contributed by atoms with van der Waals surface area (Å²) >= 11 is 0. The fourth-order valence-corrected chi connectivity index (χ4v) is 5.38. The van der Waals surface area contributed by atoms with Crippen molar-refractivity contribution in [3.63, 3.8) is 0 Å². The molecule has 2 atom stereocenters. The normalized spacial score (nSPS) is 35.6. The van der Waals surface area contributed by atoms with Crippen LogP contribution in [0.3, 0.4) is 0 Å². The molecule has 27 heavy (non-hydrogen) atoms. The lowest BCUT2D eigenvalue weighted by molar-refractivity contribution is -0.149. The molecule has 2 saturated carbocycles. The summed E-state index contributed by atoms with van der Waals surface area (Å²) < 4.78 is 11.9. The fourth-order valence-electron chi connectivity index (χ4n) is 5.38. The van der Waals surface area contributed by atoms with Crippen LogP contribution in [0.15, 0.2) is 34.4 Å². The molecule has 0 aromatic rings. The Bertz CT molecular complexity index is 846. The van der Waals surface area contributed by atoms with Crippen molar-refractivity contribution in [2.75, 3.05) is 0 Å². The lowest BCUT2D eigenvalue weighted by atomic mass is 9.66. The minimum absolute atomic E-state index is 0.164. The van der Waals surface area contributed by atoms with Crippen molar-refractivity contribution in [2.24, 2.45) is 10.8 Å². The molecule has 0 aromatic heterocycles. The van der Waals surface area contributed by atoms with Crippen molar-refractivity contribution >= 4 is 11.9 Å². The van der Waals surface area contributed by atoms with E-state index in [2.05, 4.69) is 26.8 Å². The summed E-state index contributed by atoms with van der Waals surface area (Å²) in [5.41, 5.74) is 3.11. The van der Waals surface area contributed by atoms with Gasteiger partial charge in [-0.15, -0.1) is 0 Å². The molecule has 1 spiro atoms. The van der Waals surface area contributed by atoms with Gasteiger partial charge in [-0.3, -0.25) is 4.79 Å². The highest BCUT2D eigenvalue weighted by atomic mass is 16.6. The molecule has 0 amide bonds. The van der Waals surface area contributed by atoms with Gasteiger partial charge in [-0.25, -0.2) is 4.79 Å². The summed E-state index contributed by atoms with van der Waals surface area (Å²) in [6.07, 6.45) is 12.6. The minimum Gasteiger partial charge on any atom is -0.456 e. The number of carbonyl (C=O) groups is 2. The van der Waals surface area contributed by atoms with E-state index in [0.717, 1.165) is 29.6 Å². The predicted octanol–water partition coefficient (Wildman–Crippen LogP) is 3.62. The van der Waals surface area contributed by atoms with Gasteiger partial charge in [0.2, 0.25) is 0 Å². The molecule has 0 bridgehead atoms. The number of fused-ring (bicyclic) bond motifs is 4. The van der Waals surface area contributed by atoms with Crippen LogP contribution < -0.4 is 0 Å². The molecule has 0 aromatic carbocycles. The minimum atomic E-state index is -0.607. The molecule has 139 valence electrons. The van der Waals surface area contributed by atoms with Crippen LogP contribution in [0.25, 0.3) is 0 Å². The van der Waals surface area contributed by atoms with E-state index in [1.54, 1.807) is 18.9 Å². The number of rotatable bonds is 2. The van der Waals surface area contributed by atoms with Crippen molar-refractivity contribution in [3.05, 3.63) is 66.0 Å². The van der Waals surface area contributed by atoms with Gasteiger partial charge in [-0.05, 0) is 57.9 Å². The zero-order valence-electron chi connectivity index (χ0n) is 16.1. The second-order valence-electron chi connectivity index (χ2n) is 8.97. The molecule has 1 aliphatic heterocycles. The Hall–Kier alpha value is -1.84. The summed E-state index contributed by atoms with van der Waals surface area (Å²) in [4.78, 5) is 24.9. The van der Waals surface area contributed by atoms with Crippen LogP contribution in [0.5, 0.6) is 0 Å². The predicted molar refractivity (Wildman–Crippen MR) is 99.1 cm³/mol. The first-order chi connectivity index (χ1) is 12.7. The standard InChI is InChI=1S/C23H23O4/c1-13-18-15(16-11-17(24)27-22(16,4)23(13)9-10-23)12-21(2,3)19(18)26-20(25)14-7-5-6-8-14/h5-8,11-12,19H,9-10H2,1-4H3/t19-,22+/m1/s1. The van der Waals surface area contributed by atoms with Crippen molar-refractivity contribution in [1.82, 2.24) is 0 Å². The van der Waals surface area contributed by atoms with Crippen molar-refractivity contribution in [2.45, 2.75) is 52.2 Å². The molecular formula is C23H23O4.